The number of hydrogen-bond acceptors (Lipinski definition) is 2. The molecule has 1 aliphatic rings. The van der Waals surface area contributed by atoms with Crippen molar-refractivity contribution in [2.75, 3.05) is 0 Å². The van der Waals surface area contributed by atoms with Crippen LogP contribution >= 0.6 is 0 Å². The first kappa shape index (κ1) is 15.4. The minimum absolute atomic E-state index is 0.0874. The van der Waals surface area contributed by atoms with E-state index in [1.165, 1.54) is 19.4 Å². The molecule has 21 heavy (non-hydrogen) atoms. The molecule has 0 spiro atoms. The summed E-state index contributed by atoms with van der Waals surface area (Å²) in [4.78, 5) is 11.7. The lowest BCUT2D eigenvalue weighted by Crippen LogP contribution is -2.41. The molecule has 114 valence electrons. The van der Waals surface area contributed by atoms with Crippen LogP contribution in [0.15, 0.2) is 23.3 Å². The molecule has 4 nitrogen and oxygen atoms in total. The van der Waals surface area contributed by atoms with Gasteiger partial charge in [0.05, 0.1) is 11.3 Å². The number of rotatable bonds is 3. The summed E-state index contributed by atoms with van der Waals surface area (Å²) in [7, 11) is 0. The molecular formula is C15H19F2N3O. The molecule has 2 N–H and O–H groups in total. The van der Waals surface area contributed by atoms with Gasteiger partial charge >= 0.3 is 6.03 Å². The number of nitrogens with zero attached hydrogens (tertiary/aromatic N) is 1. The molecule has 1 saturated carbocycles. The zero-order chi connectivity index (χ0) is 15.2. The predicted octanol–water partition coefficient (Wildman–Crippen LogP) is 3.32. The highest BCUT2D eigenvalue weighted by atomic mass is 19.1. The Balaban J connectivity index is 1.95. The Kier molecular flexibility index (Phi) is 5.25. The van der Waals surface area contributed by atoms with E-state index in [-0.39, 0.29) is 17.3 Å². The number of carbonyl (C=O) groups excluding carboxylic acids is 1. The number of hydrogen-bond donors (Lipinski definition) is 2. The van der Waals surface area contributed by atoms with Gasteiger partial charge in [0.15, 0.2) is 0 Å². The van der Waals surface area contributed by atoms with Crippen LogP contribution in [0, 0.1) is 11.6 Å². The van der Waals surface area contributed by atoms with E-state index in [0.717, 1.165) is 37.8 Å². The maximum absolute atomic E-state index is 13.5. The van der Waals surface area contributed by atoms with Gasteiger partial charge in [0.1, 0.15) is 11.6 Å². The first-order valence-corrected chi connectivity index (χ1v) is 7.13. The minimum Gasteiger partial charge on any atom is -0.334 e. The van der Waals surface area contributed by atoms with E-state index in [4.69, 9.17) is 0 Å². The molecule has 2 rings (SSSR count). The average Bonchev–Trinajstić information content (AvgIpc) is 2.46. The summed E-state index contributed by atoms with van der Waals surface area (Å²) >= 11 is 0. The van der Waals surface area contributed by atoms with Crippen LogP contribution in [-0.4, -0.2) is 17.8 Å². The van der Waals surface area contributed by atoms with Gasteiger partial charge in [0.2, 0.25) is 0 Å². The Morgan fingerprint density at radius 1 is 1.19 bits per heavy atom. The molecule has 0 heterocycles. The Labute approximate surface area is 122 Å². The fraction of sp³-hybridized carbons (Fsp3) is 0.467. The lowest BCUT2D eigenvalue weighted by molar-refractivity contribution is 0.233. The zero-order valence-corrected chi connectivity index (χ0v) is 12.0. The monoisotopic (exact) mass is 295 g/mol. The quantitative estimate of drug-likeness (QED) is 0.652. The number of benzene rings is 1. The summed E-state index contributed by atoms with van der Waals surface area (Å²) in [6, 6.07) is 3.29. The highest BCUT2D eigenvalue weighted by Gasteiger charge is 2.16. The second-order valence-corrected chi connectivity index (χ2v) is 5.21. The summed E-state index contributed by atoms with van der Waals surface area (Å²) in [5, 5.41) is 6.57. The maximum Gasteiger partial charge on any atom is 0.335 e. The van der Waals surface area contributed by atoms with Crippen molar-refractivity contribution < 1.29 is 13.6 Å². The molecule has 6 heteroatoms. The molecule has 0 saturated heterocycles. The maximum atomic E-state index is 13.5. The molecule has 0 aliphatic heterocycles. The predicted molar refractivity (Wildman–Crippen MR) is 77.1 cm³/mol. The number of carbonyl (C=O) groups is 1. The minimum atomic E-state index is -0.703. The van der Waals surface area contributed by atoms with Crippen LogP contribution in [0.2, 0.25) is 0 Å². The molecule has 1 aromatic carbocycles. The zero-order valence-electron chi connectivity index (χ0n) is 12.0. The van der Waals surface area contributed by atoms with Crippen LogP contribution in [0.1, 0.15) is 44.6 Å². The van der Waals surface area contributed by atoms with Crippen LogP contribution < -0.4 is 10.7 Å². The third-order valence-corrected chi connectivity index (χ3v) is 3.59. The van der Waals surface area contributed by atoms with Crippen molar-refractivity contribution in [1.82, 2.24) is 10.7 Å². The van der Waals surface area contributed by atoms with Crippen molar-refractivity contribution in [2.45, 2.75) is 45.1 Å². The first-order valence-electron chi connectivity index (χ1n) is 7.13. The Hall–Kier alpha value is -1.98. The summed E-state index contributed by atoms with van der Waals surface area (Å²) in [5.41, 5.74) is 2.15. The number of halogens is 2. The lowest BCUT2D eigenvalue weighted by atomic mass is 9.96. The number of urea groups is 1. The largest absolute Gasteiger partial charge is 0.335 e. The van der Waals surface area contributed by atoms with E-state index < -0.39 is 17.7 Å². The van der Waals surface area contributed by atoms with E-state index >= 15 is 0 Å². The summed E-state index contributed by atoms with van der Waals surface area (Å²) in [5.74, 6) is -1.41. The van der Waals surface area contributed by atoms with Crippen molar-refractivity contribution in [2.24, 2.45) is 5.10 Å². The van der Waals surface area contributed by atoms with Crippen LogP contribution in [0.5, 0.6) is 0 Å². The summed E-state index contributed by atoms with van der Waals surface area (Å²) in [6.45, 7) is 1.45. The number of hydrazone groups is 1. The summed E-state index contributed by atoms with van der Waals surface area (Å²) in [6.07, 6.45) is 5.32. The third-order valence-electron chi connectivity index (χ3n) is 3.59. The van der Waals surface area contributed by atoms with Gasteiger partial charge in [0.25, 0.3) is 0 Å². The van der Waals surface area contributed by atoms with Gasteiger partial charge in [-0.1, -0.05) is 25.3 Å². The van der Waals surface area contributed by atoms with Crippen molar-refractivity contribution in [3.8, 4) is 0 Å². The normalized spacial score (nSPS) is 16.6. The molecule has 1 aromatic rings. The molecule has 1 fully saturated rings. The Bertz CT molecular complexity index is 519. The van der Waals surface area contributed by atoms with Gasteiger partial charge in [-0.05, 0) is 31.9 Å². The SMILES string of the molecule is C/C(=N\NC(=O)NC1CCCCC1)c1c(F)cccc1F. The second kappa shape index (κ2) is 7.15. The topological polar surface area (TPSA) is 53.5 Å². The van der Waals surface area contributed by atoms with Crippen molar-refractivity contribution in [3.05, 3.63) is 35.4 Å². The smallest absolute Gasteiger partial charge is 0.334 e. The van der Waals surface area contributed by atoms with Crippen molar-refractivity contribution in [1.29, 1.82) is 0 Å². The molecule has 0 aromatic heterocycles. The van der Waals surface area contributed by atoms with Crippen molar-refractivity contribution >= 4 is 11.7 Å². The number of amides is 2. The summed E-state index contributed by atoms with van der Waals surface area (Å²) < 4.78 is 27.1. The van der Waals surface area contributed by atoms with Gasteiger partial charge in [-0.2, -0.15) is 5.10 Å². The van der Waals surface area contributed by atoms with E-state index in [1.54, 1.807) is 0 Å². The van der Waals surface area contributed by atoms with E-state index in [9.17, 15) is 13.6 Å². The van der Waals surface area contributed by atoms with Crippen molar-refractivity contribution in [3.63, 3.8) is 0 Å². The van der Waals surface area contributed by atoms with Crippen LogP contribution in [0.4, 0.5) is 13.6 Å². The van der Waals surface area contributed by atoms with Gasteiger partial charge in [-0.25, -0.2) is 19.0 Å². The van der Waals surface area contributed by atoms with E-state index in [1.807, 2.05) is 0 Å². The lowest BCUT2D eigenvalue weighted by Gasteiger charge is -2.22. The number of nitrogens with one attached hydrogen (secondary N) is 2. The van der Waals surface area contributed by atoms with E-state index in [0.29, 0.717) is 0 Å². The van der Waals surface area contributed by atoms with Crippen LogP contribution in [0.3, 0.4) is 0 Å². The molecule has 0 bridgehead atoms. The standard InChI is InChI=1S/C15H19F2N3O/c1-10(14-12(16)8-5-9-13(14)17)19-20-15(21)18-11-6-3-2-4-7-11/h5,8-9,11H,2-4,6-7H2,1H3,(H2,18,20,21)/b19-10+. The molecule has 0 radical (unpaired) electrons. The first-order chi connectivity index (χ1) is 10.1. The molecule has 2 amide bonds. The van der Waals surface area contributed by atoms with Crippen LogP contribution in [-0.2, 0) is 0 Å². The molecule has 1 aliphatic carbocycles. The Morgan fingerprint density at radius 2 is 1.81 bits per heavy atom. The highest BCUT2D eigenvalue weighted by Crippen LogP contribution is 2.17. The molecular weight excluding hydrogens is 276 g/mol. The van der Waals surface area contributed by atoms with Gasteiger partial charge in [-0.3, -0.25) is 0 Å². The van der Waals surface area contributed by atoms with Gasteiger partial charge in [-0.15, -0.1) is 0 Å². The fourth-order valence-electron chi connectivity index (χ4n) is 2.50. The average molecular weight is 295 g/mol. The molecule has 0 unspecified atom stereocenters. The van der Waals surface area contributed by atoms with Gasteiger partial charge in [0, 0.05) is 6.04 Å². The van der Waals surface area contributed by atoms with Gasteiger partial charge < -0.3 is 5.32 Å². The second-order valence-electron chi connectivity index (χ2n) is 5.21. The molecule has 0 atom stereocenters. The Morgan fingerprint density at radius 3 is 2.43 bits per heavy atom. The van der Waals surface area contributed by atoms with E-state index in [2.05, 4.69) is 15.8 Å². The third kappa shape index (κ3) is 4.24. The highest BCUT2D eigenvalue weighted by molar-refractivity contribution is 5.99. The van der Waals surface area contributed by atoms with Crippen LogP contribution in [0.25, 0.3) is 0 Å². The fourth-order valence-corrected chi connectivity index (χ4v) is 2.50.